The van der Waals surface area contributed by atoms with Crippen molar-refractivity contribution in [1.82, 2.24) is 9.88 Å². The van der Waals surface area contributed by atoms with Crippen LogP contribution in [0.15, 0.2) is 48.5 Å². The molecule has 0 fully saturated rings. The molecule has 2 aromatic carbocycles. The summed E-state index contributed by atoms with van der Waals surface area (Å²) in [6, 6.07) is 16.0. The van der Waals surface area contributed by atoms with Crippen LogP contribution in [0.3, 0.4) is 0 Å². The van der Waals surface area contributed by atoms with Crippen molar-refractivity contribution in [3.63, 3.8) is 0 Å². The maximum atomic E-state index is 13.1. The minimum Gasteiger partial charge on any atom is -0.486 e. The maximum Gasteiger partial charge on any atom is 0.265 e. The molecule has 1 atom stereocenters. The Kier molecular flexibility index (Phi) is 6.65. The number of hydrogen-bond acceptors (Lipinski definition) is 6. The van der Waals surface area contributed by atoms with Gasteiger partial charge in [0.25, 0.3) is 5.91 Å². The van der Waals surface area contributed by atoms with Gasteiger partial charge in [-0.2, -0.15) is 0 Å². The summed E-state index contributed by atoms with van der Waals surface area (Å²) in [7, 11) is 1.82. The molecular weight excluding hydrogens is 422 g/mol. The molecule has 7 heteroatoms. The number of amides is 1. The molecule has 1 aliphatic rings. The van der Waals surface area contributed by atoms with Crippen LogP contribution in [0.25, 0.3) is 0 Å². The third-order valence-corrected chi connectivity index (χ3v) is 6.67. The first-order valence-corrected chi connectivity index (χ1v) is 11.7. The van der Waals surface area contributed by atoms with Crippen molar-refractivity contribution in [2.24, 2.45) is 0 Å². The van der Waals surface area contributed by atoms with Crippen molar-refractivity contribution in [3.8, 4) is 11.5 Å². The van der Waals surface area contributed by atoms with Gasteiger partial charge in [0.15, 0.2) is 0 Å². The smallest absolute Gasteiger partial charge is 0.265 e. The van der Waals surface area contributed by atoms with Gasteiger partial charge in [-0.15, -0.1) is 11.3 Å². The molecule has 0 spiro atoms. The number of thiazole rings is 1. The van der Waals surface area contributed by atoms with Gasteiger partial charge in [0.1, 0.15) is 34.1 Å². The summed E-state index contributed by atoms with van der Waals surface area (Å²) in [5.41, 5.74) is 3.03. The molecule has 0 radical (unpaired) electrons. The lowest BCUT2D eigenvalue weighted by Gasteiger charge is -2.37. The predicted molar refractivity (Wildman–Crippen MR) is 128 cm³/mol. The van der Waals surface area contributed by atoms with Crippen LogP contribution in [0.1, 0.15) is 32.9 Å². The maximum absolute atomic E-state index is 13.1. The number of likely N-dealkylation sites (N-methyl/N-ethyl adjacent to an activating group) is 2. The first-order chi connectivity index (χ1) is 15.4. The van der Waals surface area contributed by atoms with Crippen LogP contribution in [0.5, 0.6) is 11.5 Å². The van der Waals surface area contributed by atoms with Crippen molar-refractivity contribution in [2.45, 2.75) is 33.5 Å². The molecule has 0 unspecified atom stereocenters. The largest absolute Gasteiger partial charge is 0.486 e. The van der Waals surface area contributed by atoms with Crippen molar-refractivity contribution in [3.05, 3.63) is 69.7 Å². The van der Waals surface area contributed by atoms with Crippen LogP contribution in [-0.2, 0) is 6.61 Å². The van der Waals surface area contributed by atoms with Gasteiger partial charge >= 0.3 is 0 Å². The van der Waals surface area contributed by atoms with E-state index in [0.29, 0.717) is 18.0 Å². The van der Waals surface area contributed by atoms with E-state index in [-0.39, 0.29) is 12.0 Å². The van der Waals surface area contributed by atoms with Gasteiger partial charge in [0.2, 0.25) is 0 Å². The second-order valence-electron chi connectivity index (χ2n) is 8.06. The van der Waals surface area contributed by atoms with E-state index >= 15 is 0 Å². The number of aryl methyl sites for hydroxylation is 2. The molecule has 0 bridgehead atoms. The van der Waals surface area contributed by atoms with Gasteiger partial charge < -0.3 is 19.3 Å². The molecule has 6 nitrogen and oxygen atoms in total. The summed E-state index contributed by atoms with van der Waals surface area (Å²) in [5, 5.41) is 0.792. The van der Waals surface area contributed by atoms with Gasteiger partial charge in [-0.25, -0.2) is 4.98 Å². The molecule has 32 heavy (non-hydrogen) atoms. The fourth-order valence-corrected chi connectivity index (χ4v) is 4.80. The monoisotopic (exact) mass is 451 g/mol. The molecule has 0 saturated heterocycles. The van der Waals surface area contributed by atoms with Crippen LogP contribution in [0.2, 0.25) is 0 Å². The number of aromatic nitrogens is 1. The number of benzene rings is 2. The summed E-state index contributed by atoms with van der Waals surface area (Å²) in [6.45, 7) is 8.55. The van der Waals surface area contributed by atoms with E-state index in [2.05, 4.69) is 22.9 Å². The number of fused-ring (bicyclic) bond motifs is 1. The predicted octanol–water partition coefficient (Wildman–Crippen LogP) is 4.70. The van der Waals surface area contributed by atoms with Gasteiger partial charge in [-0.1, -0.05) is 29.8 Å². The highest BCUT2D eigenvalue weighted by atomic mass is 32.1. The Balaban J connectivity index is 1.39. The van der Waals surface area contributed by atoms with Crippen LogP contribution >= 0.6 is 11.3 Å². The van der Waals surface area contributed by atoms with Gasteiger partial charge in [-0.3, -0.25) is 4.79 Å². The molecule has 1 aliphatic heterocycles. The normalized spacial score (nSPS) is 15.1. The highest BCUT2D eigenvalue weighted by Gasteiger charge is 2.28. The molecule has 0 aliphatic carbocycles. The third-order valence-electron chi connectivity index (χ3n) is 5.55. The lowest BCUT2D eigenvalue weighted by molar-refractivity contribution is 0.0713. The Hall–Kier alpha value is -3.06. The standard InChI is InChI=1S/C25H29N3O3S/c1-5-28-15-20(31-22-9-7-6-8-21(22)28)14-27(4)25(29)24-18(3)26-23(32-24)16-30-19-12-10-17(2)11-13-19/h6-13,20H,5,14-16H2,1-4H3/t20-/m0/s1. The second kappa shape index (κ2) is 9.61. The highest BCUT2D eigenvalue weighted by molar-refractivity contribution is 7.13. The lowest BCUT2D eigenvalue weighted by atomic mass is 10.2. The molecule has 0 saturated carbocycles. The number of carbonyl (C=O) groups excluding carboxylic acids is 1. The number of nitrogens with zero attached hydrogens (tertiary/aromatic N) is 3. The number of carbonyl (C=O) groups is 1. The molecule has 1 amide bonds. The van der Waals surface area contributed by atoms with E-state index < -0.39 is 0 Å². The van der Waals surface area contributed by atoms with E-state index in [1.54, 1.807) is 4.90 Å². The van der Waals surface area contributed by atoms with Crippen molar-refractivity contribution in [1.29, 1.82) is 0 Å². The summed E-state index contributed by atoms with van der Waals surface area (Å²) in [6.07, 6.45) is -0.0867. The average Bonchev–Trinajstić information content (AvgIpc) is 3.17. The number of anilines is 1. The van der Waals surface area contributed by atoms with Gasteiger partial charge in [0, 0.05) is 13.6 Å². The van der Waals surface area contributed by atoms with E-state index in [9.17, 15) is 4.79 Å². The van der Waals surface area contributed by atoms with Crippen LogP contribution in [0.4, 0.5) is 5.69 Å². The van der Waals surface area contributed by atoms with E-state index in [1.165, 1.54) is 16.9 Å². The second-order valence-corrected chi connectivity index (χ2v) is 9.14. The van der Waals surface area contributed by atoms with E-state index in [4.69, 9.17) is 9.47 Å². The molecule has 0 N–H and O–H groups in total. The van der Waals surface area contributed by atoms with Crippen molar-refractivity contribution >= 4 is 22.9 Å². The van der Waals surface area contributed by atoms with Crippen LogP contribution in [-0.4, -0.2) is 48.6 Å². The topological polar surface area (TPSA) is 54.9 Å². The summed E-state index contributed by atoms with van der Waals surface area (Å²) in [5.74, 6) is 1.63. The molecule has 4 rings (SSSR count). The summed E-state index contributed by atoms with van der Waals surface area (Å²) < 4.78 is 12.0. The number of para-hydroxylation sites is 2. The van der Waals surface area contributed by atoms with Gasteiger partial charge in [0.05, 0.1) is 24.5 Å². The highest BCUT2D eigenvalue weighted by Crippen LogP contribution is 2.33. The minimum absolute atomic E-state index is 0.0351. The quantitative estimate of drug-likeness (QED) is 0.521. The first kappa shape index (κ1) is 22.1. The Morgan fingerprint density at radius 3 is 2.72 bits per heavy atom. The SMILES string of the molecule is CCN1C[C@H](CN(C)C(=O)c2sc(COc3ccc(C)cc3)nc2C)Oc2ccccc21. The third kappa shape index (κ3) is 4.88. The number of hydrogen-bond donors (Lipinski definition) is 0. The van der Waals surface area contributed by atoms with Crippen LogP contribution < -0.4 is 14.4 Å². The fourth-order valence-electron chi connectivity index (χ4n) is 3.83. The average molecular weight is 452 g/mol. The van der Waals surface area contributed by atoms with Crippen LogP contribution in [0, 0.1) is 13.8 Å². The fraction of sp³-hybridized carbons (Fsp3) is 0.360. The molecule has 1 aromatic heterocycles. The number of rotatable bonds is 7. The molecule has 3 aromatic rings. The molecular formula is C25H29N3O3S. The molecule has 2 heterocycles. The minimum atomic E-state index is -0.0867. The summed E-state index contributed by atoms with van der Waals surface area (Å²) >= 11 is 1.40. The lowest BCUT2D eigenvalue weighted by Crippen LogP contribution is -2.46. The van der Waals surface area contributed by atoms with E-state index in [0.717, 1.165) is 41.0 Å². The zero-order chi connectivity index (χ0) is 22.7. The number of ether oxygens (including phenoxy) is 2. The Labute approximate surface area is 193 Å². The van der Waals surface area contributed by atoms with Crippen molar-refractivity contribution < 1.29 is 14.3 Å². The molecule has 168 valence electrons. The zero-order valence-corrected chi connectivity index (χ0v) is 19.8. The Bertz CT molecular complexity index is 1080. The van der Waals surface area contributed by atoms with E-state index in [1.807, 2.05) is 63.4 Å². The first-order valence-electron chi connectivity index (χ1n) is 10.9. The summed E-state index contributed by atoms with van der Waals surface area (Å²) in [4.78, 5) is 22.4. The zero-order valence-electron chi connectivity index (χ0n) is 19.0. The Morgan fingerprint density at radius 2 is 1.97 bits per heavy atom. The van der Waals surface area contributed by atoms with Gasteiger partial charge in [-0.05, 0) is 45.0 Å². The van der Waals surface area contributed by atoms with Crippen molar-refractivity contribution in [2.75, 3.05) is 31.6 Å². The Morgan fingerprint density at radius 1 is 1.22 bits per heavy atom.